The molecule has 0 bridgehead atoms. The van der Waals surface area contributed by atoms with Crippen molar-refractivity contribution in [2.45, 2.75) is 18.9 Å². The van der Waals surface area contributed by atoms with Gasteiger partial charge in [0.1, 0.15) is 5.82 Å². The zero-order valence-corrected chi connectivity index (χ0v) is 10.3. The van der Waals surface area contributed by atoms with Crippen LogP contribution in [0, 0.1) is 0 Å². The fourth-order valence-corrected chi connectivity index (χ4v) is 2.23. The van der Waals surface area contributed by atoms with Gasteiger partial charge in [0.25, 0.3) is 0 Å². The number of fused-ring (bicyclic) bond motifs is 1. The number of benzene rings is 1. The topological polar surface area (TPSA) is 29.0 Å². The highest BCUT2D eigenvalue weighted by Gasteiger charge is 2.29. The minimum atomic E-state index is 0.615. The number of aromatic nitrogens is 2. The van der Waals surface area contributed by atoms with E-state index in [4.69, 9.17) is 11.6 Å². The van der Waals surface area contributed by atoms with Crippen molar-refractivity contribution in [1.29, 1.82) is 0 Å². The molecule has 2 aromatic rings. The smallest absolute Gasteiger partial charge is 0.148 e. The molecule has 0 saturated heterocycles. The van der Waals surface area contributed by atoms with Gasteiger partial charge in [0.05, 0.1) is 17.2 Å². The largest absolute Gasteiger partial charge is 0.351 e. The van der Waals surface area contributed by atoms with Crippen molar-refractivity contribution in [2.75, 3.05) is 17.3 Å². The first-order valence-electron chi connectivity index (χ1n) is 5.93. The lowest BCUT2D eigenvalue weighted by Crippen LogP contribution is -2.28. The molecule has 1 saturated carbocycles. The number of hydrogen-bond acceptors (Lipinski definition) is 3. The molecule has 1 heterocycles. The molecule has 1 aliphatic rings. The molecule has 17 heavy (non-hydrogen) atoms. The number of rotatable bonds is 4. The fourth-order valence-electron chi connectivity index (χ4n) is 2.05. The Labute approximate surface area is 105 Å². The van der Waals surface area contributed by atoms with E-state index in [2.05, 4.69) is 14.9 Å². The lowest BCUT2D eigenvalue weighted by molar-refractivity contribution is 0.811. The zero-order valence-electron chi connectivity index (χ0n) is 9.51. The Balaban J connectivity index is 1.97. The van der Waals surface area contributed by atoms with E-state index in [1.165, 1.54) is 12.8 Å². The van der Waals surface area contributed by atoms with E-state index in [0.717, 1.165) is 23.4 Å². The van der Waals surface area contributed by atoms with E-state index in [1.807, 2.05) is 30.5 Å². The molecule has 0 atom stereocenters. The molecule has 0 spiro atoms. The number of halogens is 1. The van der Waals surface area contributed by atoms with E-state index in [9.17, 15) is 0 Å². The van der Waals surface area contributed by atoms with E-state index in [0.29, 0.717) is 11.9 Å². The van der Waals surface area contributed by atoms with Crippen molar-refractivity contribution in [1.82, 2.24) is 9.97 Å². The van der Waals surface area contributed by atoms with Crippen molar-refractivity contribution in [3.05, 3.63) is 30.5 Å². The Hall–Kier alpha value is -1.35. The molecular formula is C13H14ClN3. The van der Waals surface area contributed by atoms with Gasteiger partial charge >= 0.3 is 0 Å². The molecule has 3 rings (SSSR count). The highest BCUT2D eigenvalue weighted by Crippen LogP contribution is 2.30. The normalized spacial score (nSPS) is 15.1. The van der Waals surface area contributed by atoms with Gasteiger partial charge in [-0.15, -0.1) is 11.6 Å². The third kappa shape index (κ3) is 2.20. The summed E-state index contributed by atoms with van der Waals surface area (Å²) in [7, 11) is 0. The van der Waals surface area contributed by atoms with Gasteiger partial charge in [0.15, 0.2) is 0 Å². The zero-order chi connectivity index (χ0) is 11.7. The number of para-hydroxylation sites is 2. The third-order valence-corrected chi connectivity index (χ3v) is 3.21. The van der Waals surface area contributed by atoms with Gasteiger partial charge in [-0.25, -0.2) is 4.98 Å². The van der Waals surface area contributed by atoms with E-state index >= 15 is 0 Å². The van der Waals surface area contributed by atoms with Gasteiger partial charge in [-0.3, -0.25) is 4.98 Å². The third-order valence-electron chi connectivity index (χ3n) is 3.04. The summed E-state index contributed by atoms with van der Waals surface area (Å²) in [4.78, 5) is 11.4. The molecule has 0 aliphatic heterocycles. The molecule has 0 radical (unpaired) electrons. The summed E-state index contributed by atoms with van der Waals surface area (Å²) < 4.78 is 0. The molecule has 3 nitrogen and oxygen atoms in total. The predicted molar refractivity (Wildman–Crippen MR) is 70.6 cm³/mol. The van der Waals surface area contributed by atoms with Crippen LogP contribution in [-0.4, -0.2) is 28.4 Å². The lowest BCUT2D eigenvalue weighted by Gasteiger charge is -2.22. The summed E-state index contributed by atoms with van der Waals surface area (Å²) in [6.07, 6.45) is 4.34. The van der Waals surface area contributed by atoms with Gasteiger partial charge < -0.3 is 4.90 Å². The summed E-state index contributed by atoms with van der Waals surface area (Å²) in [6, 6.07) is 8.56. The molecule has 0 unspecified atom stereocenters. The van der Waals surface area contributed by atoms with Gasteiger partial charge in [0.2, 0.25) is 0 Å². The van der Waals surface area contributed by atoms with Crippen LogP contribution in [0.3, 0.4) is 0 Å². The van der Waals surface area contributed by atoms with Crippen molar-refractivity contribution in [2.24, 2.45) is 0 Å². The molecule has 1 aromatic carbocycles. The first-order chi connectivity index (χ1) is 8.38. The second kappa shape index (κ2) is 4.49. The average molecular weight is 248 g/mol. The molecule has 0 N–H and O–H groups in total. The fraction of sp³-hybridized carbons (Fsp3) is 0.385. The maximum Gasteiger partial charge on any atom is 0.148 e. The molecule has 4 heteroatoms. The second-order valence-corrected chi connectivity index (χ2v) is 4.71. The van der Waals surface area contributed by atoms with E-state index in [-0.39, 0.29) is 0 Å². The van der Waals surface area contributed by atoms with Crippen LogP contribution < -0.4 is 4.90 Å². The summed E-state index contributed by atoms with van der Waals surface area (Å²) >= 11 is 5.85. The van der Waals surface area contributed by atoms with Gasteiger partial charge in [0, 0.05) is 18.5 Å². The van der Waals surface area contributed by atoms with Crippen LogP contribution in [0.2, 0.25) is 0 Å². The summed E-state index contributed by atoms with van der Waals surface area (Å²) in [6.45, 7) is 0.846. The Morgan fingerprint density at radius 1 is 1.24 bits per heavy atom. The number of anilines is 1. The Morgan fingerprint density at radius 3 is 2.71 bits per heavy atom. The van der Waals surface area contributed by atoms with Crippen molar-refractivity contribution >= 4 is 28.5 Å². The minimum Gasteiger partial charge on any atom is -0.351 e. The van der Waals surface area contributed by atoms with E-state index < -0.39 is 0 Å². The Morgan fingerprint density at radius 2 is 2.00 bits per heavy atom. The van der Waals surface area contributed by atoms with Crippen LogP contribution >= 0.6 is 11.6 Å². The first-order valence-corrected chi connectivity index (χ1v) is 6.46. The SMILES string of the molecule is ClCCN(c1cnc2ccccc2n1)C1CC1. The number of nitrogens with zero attached hydrogens (tertiary/aromatic N) is 3. The summed E-state index contributed by atoms with van der Waals surface area (Å²) in [5.74, 6) is 1.58. The van der Waals surface area contributed by atoms with Crippen LogP contribution in [0.25, 0.3) is 11.0 Å². The van der Waals surface area contributed by atoms with Crippen molar-refractivity contribution in [3.8, 4) is 0 Å². The Bertz CT molecular complexity index is 525. The monoisotopic (exact) mass is 247 g/mol. The lowest BCUT2D eigenvalue weighted by atomic mass is 10.3. The Kier molecular flexibility index (Phi) is 2.85. The molecule has 1 fully saturated rings. The van der Waals surface area contributed by atoms with Crippen molar-refractivity contribution < 1.29 is 0 Å². The molecule has 0 amide bonds. The van der Waals surface area contributed by atoms with Crippen LogP contribution in [0.15, 0.2) is 30.5 Å². The molecule has 1 aliphatic carbocycles. The molecule has 1 aromatic heterocycles. The summed E-state index contributed by atoms with van der Waals surface area (Å²) in [5, 5.41) is 0. The standard InChI is InChI=1S/C13H14ClN3/c14-7-8-17(10-5-6-10)13-9-15-11-3-1-2-4-12(11)16-13/h1-4,9-10H,5-8H2. The second-order valence-electron chi connectivity index (χ2n) is 4.33. The molecule has 88 valence electrons. The van der Waals surface area contributed by atoms with Gasteiger partial charge in [-0.1, -0.05) is 12.1 Å². The van der Waals surface area contributed by atoms with Gasteiger partial charge in [-0.2, -0.15) is 0 Å². The van der Waals surface area contributed by atoms with Crippen LogP contribution in [-0.2, 0) is 0 Å². The van der Waals surface area contributed by atoms with E-state index in [1.54, 1.807) is 0 Å². The van der Waals surface area contributed by atoms with Crippen LogP contribution in [0.4, 0.5) is 5.82 Å². The molecular weight excluding hydrogens is 234 g/mol. The van der Waals surface area contributed by atoms with Gasteiger partial charge in [-0.05, 0) is 25.0 Å². The van der Waals surface area contributed by atoms with Crippen molar-refractivity contribution in [3.63, 3.8) is 0 Å². The highest BCUT2D eigenvalue weighted by atomic mass is 35.5. The predicted octanol–water partition coefficient (Wildman–Crippen LogP) is 2.84. The number of alkyl halides is 1. The number of hydrogen-bond donors (Lipinski definition) is 0. The minimum absolute atomic E-state index is 0.615. The maximum absolute atomic E-state index is 5.85. The highest BCUT2D eigenvalue weighted by molar-refractivity contribution is 6.18. The van der Waals surface area contributed by atoms with Crippen LogP contribution in [0.5, 0.6) is 0 Å². The average Bonchev–Trinajstić information content (AvgIpc) is 3.20. The summed E-state index contributed by atoms with van der Waals surface area (Å²) in [5.41, 5.74) is 1.89. The maximum atomic E-state index is 5.85. The quantitative estimate of drug-likeness (QED) is 0.778. The first kappa shape index (κ1) is 10.8. The van der Waals surface area contributed by atoms with Crippen LogP contribution in [0.1, 0.15) is 12.8 Å².